The van der Waals surface area contributed by atoms with E-state index in [1.807, 2.05) is 4.90 Å². The third kappa shape index (κ3) is 3.50. The molecule has 1 amide bonds. The van der Waals surface area contributed by atoms with Crippen LogP contribution in [0, 0.1) is 11.8 Å². The number of nitrogens with zero attached hydrogens (tertiary/aromatic N) is 1. The van der Waals surface area contributed by atoms with Gasteiger partial charge in [-0.25, -0.2) is 0 Å². The number of amides is 1. The molecule has 4 nitrogen and oxygen atoms in total. The first-order valence-corrected chi connectivity index (χ1v) is 9.84. The van der Waals surface area contributed by atoms with Crippen molar-refractivity contribution in [3.63, 3.8) is 0 Å². The number of likely N-dealkylation sites (tertiary alicyclic amines) is 1. The maximum absolute atomic E-state index is 12.9. The SMILES string of the molecule is O=C(C[C@H]1CCc2ccccc2C1)C1CCN[C@H]1C(=O)N1CCCC1. The highest BCUT2D eigenvalue weighted by Crippen LogP contribution is 2.30. The Kier molecular flexibility index (Phi) is 4.89. The number of ketones is 1. The first kappa shape index (κ1) is 16.8. The summed E-state index contributed by atoms with van der Waals surface area (Å²) in [6.07, 6.45) is 6.81. The molecule has 0 saturated carbocycles. The molecule has 2 heterocycles. The van der Waals surface area contributed by atoms with E-state index in [0.29, 0.717) is 18.1 Å². The monoisotopic (exact) mass is 340 g/mol. The van der Waals surface area contributed by atoms with Crippen molar-refractivity contribution in [1.29, 1.82) is 0 Å². The molecule has 0 radical (unpaired) electrons. The van der Waals surface area contributed by atoms with Gasteiger partial charge in [-0.15, -0.1) is 0 Å². The predicted octanol–water partition coefficient (Wildman–Crippen LogP) is 2.35. The van der Waals surface area contributed by atoms with E-state index in [-0.39, 0.29) is 17.9 Å². The predicted molar refractivity (Wildman–Crippen MR) is 97.3 cm³/mol. The lowest BCUT2D eigenvalue weighted by Gasteiger charge is -2.27. The van der Waals surface area contributed by atoms with Gasteiger partial charge in [0.05, 0.1) is 6.04 Å². The third-order valence-electron chi connectivity index (χ3n) is 6.26. The van der Waals surface area contributed by atoms with Crippen molar-refractivity contribution in [1.82, 2.24) is 10.2 Å². The van der Waals surface area contributed by atoms with Gasteiger partial charge in [0.25, 0.3) is 0 Å². The fourth-order valence-corrected chi connectivity index (χ4v) is 4.83. The normalized spacial score (nSPS) is 28.8. The molecule has 1 unspecified atom stereocenters. The molecule has 3 atom stereocenters. The largest absolute Gasteiger partial charge is 0.341 e. The molecule has 2 saturated heterocycles. The van der Waals surface area contributed by atoms with Gasteiger partial charge in [0, 0.05) is 25.4 Å². The van der Waals surface area contributed by atoms with E-state index in [2.05, 4.69) is 29.6 Å². The number of Topliss-reactive ketones (excluding diaryl/α,β-unsaturated/α-hetero) is 1. The number of aryl methyl sites for hydroxylation is 1. The van der Waals surface area contributed by atoms with Crippen LogP contribution < -0.4 is 5.32 Å². The topological polar surface area (TPSA) is 49.4 Å². The molecular formula is C21H28N2O2. The zero-order chi connectivity index (χ0) is 17.2. The number of fused-ring (bicyclic) bond motifs is 1. The van der Waals surface area contributed by atoms with Crippen LogP contribution in [-0.2, 0) is 22.4 Å². The third-order valence-corrected chi connectivity index (χ3v) is 6.26. The molecule has 3 aliphatic rings. The van der Waals surface area contributed by atoms with Crippen molar-refractivity contribution in [2.24, 2.45) is 11.8 Å². The molecule has 1 N–H and O–H groups in total. The summed E-state index contributed by atoms with van der Waals surface area (Å²) in [6, 6.07) is 8.32. The van der Waals surface area contributed by atoms with Gasteiger partial charge >= 0.3 is 0 Å². The highest BCUT2D eigenvalue weighted by Gasteiger charge is 2.40. The van der Waals surface area contributed by atoms with Gasteiger partial charge in [0.2, 0.25) is 5.91 Å². The molecule has 4 rings (SSSR count). The van der Waals surface area contributed by atoms with Crippen molar-refractivity contribution in [2.75, 3.05) is 19.6 Å². The van der Waals surface area contributed by atoms with Crippen molar-refractivity contribution in [3.05, 3.63) is 35.4 Å². The number of rotatable bonds is 4. The molecule has 2 fully saturated rings. The van der Waals surface area contributed by atoms with E-state index in [4.69, 9.17) is 0 Å². The van der Waals surface area contributed by atoms with Crippen LogP contribution in [0.2, 0.25) is 0 Å². The molecule has 4 heteroatoms. The van der Waals surface area contributed by atoms with Gasteiger partial charge in [-0.2, -0.15) is 0 Å². The number of benzene rings is 1. The van der Waals surface area contributed by atoms with E-state index in [0.717, 1.165) is 58.2 Å². The minimum atomic E-state index is -0.276. The second kappa shape index (κ2) is 7.28. The van der Waals surface area contributed by atoms with Crippen molar-refractivity contribution in [3.8, 4) is 0 Å². The van der Waals surface area contributed by atoms with E-state index in [1.165, 1.54) is 11.1 Å². The number of nitrogens with one attached hydrogen (secondary N) is 1. The number of hydrogen-bond acceptors (Lipinski definition) is 3. The Morgan fingerprint density at radius 3 is 2.64 bits per heavy atom. The standard InChI is InChI=1S/C21H28N2O2/c24-19(14-15-7-8-16-5-1-2-6-17(16)13-15)18-9-10-22-20(18)21(25)23-11-3-4-12-23/h1-2,5-6,15,18,20,22H,3-4,7-14H2/t15-,18?,20+/m0/s1. The minimum absolute atomic E-state index is 0.120. The Labute approximate surface area is 150 Å². The quantitative estimate of drug-likeness (QED) is 0.915. The summed E-state index contributed by atoms with van der Waals surface area (Å²) in [5.74, 6) is 0.769. The van der Waals surface area contributed by atoms with Gasteiger partial charge in [-0.1, -0.05) is 24.3 Å². The smallest absolute Gasteiger partial charge is 0.240 e. The van der Waals surface area contributed by atoms with E-state index >= 15 is 0 Å². The van der Waals surface area contributed by atoms with E-state index < -0.39 is 0 Å². The molecular weight excluding hydrogens is 312 g/mol. The maximum Gasteiger partial charge on any atom is 0.240 e. The average molecular weight is 340 g/mol. The van der Waals surface area contributed by atoms with Crippen molar-refractivity contribution >= 4 is 11.7 Å². The molecule has 1 aromatic rings. The zero-order valence-corrected chi connectivity index (χ0v) is 14.9. The summed E-state index contributed by atoms with van der Waals surface area (Å²) in [7, 11) is 0. The first-order chi connectivity index (χ1) is 12.2. The Hall–Kier alpha value is -1.68. The van der Waals surface area contributed by atoms with Crippen LogP contribution in [-0.4, -0.2) is 42.3 Å². The summed E-state index contributed by atoms with van der Waals surface area (Å²) in [5.41, 5.74) is 2.84. The molecule has 0 bridgehead atoms. The van der Waals surface area contributed by atoms with Crippen LogP contribution in [0.5, 0.6) is 0 Å². The van der Waals surface area contributed by atoms with Crippen LogP contribution in [0.15, 0.2) is 24.3 Å². The Balaban J connectivity index is 1.38. The van der Waals surface area contributed by atoms with Crippen LogP contribution in [0.4, 0.5) is 0 Å². The van der Waals surface area contributed by atoms with Crippen molar-refractivity contribution in [2.45, 2.75) is 51.0 Å². The van der Waals surface area contributed by atoms with Gasteiger partial charge in [-0.3, -0.25) is 9.59 Å². The van der Waals surface area contributed by atoms with Gasteiger partial charge < -0.3 is 10.2 Å². The van der Waals surface area contributed by atoms with Crippen LogP contribution in [0.3, 0.4) is 0 Å². The minimum Gasteiger partial charge on any atom is -0.341 e. The van der Waals surface area contributed by atoms with Gasteiger partial charge in [-0.05, 0) is 62.1 Å². The lowest BCUT2D eigenvalue weighted by atomic mass is 9.79. The highest BCUT2D eigenvalue weighted by atomic mass is 16.2. The highest BCUT2D eigenvalue weighted by molar-refractivity contribution is 5.92. The Morgan fingerprint density at radius 1 is 1.08 bits per heavy atom. The summed E-state index contributed by atoms with van der Waals surface area (Å²) in [6.45, 7) is 2.50. The zero-order valence-electron chi connectivity index (χ0n) is 14.9. The summed E-state index contributed by atoms with van der Waals surface area (Å²) in [4.78, 5) is 27.6. The number of carbonyl (C=O) groups is 2. The fourth-order valence-electron chi connectivity index (χ4n) is 4.83. The second-order valence-corrected chi connectivity index (χ2v) is 7.91. The summed E-state index contributed by atoms with van der Waals surface area (Å²) in [5, 5.41) is 3.31. The van der Waals surface area contributed by atoms with Crippen molar-refractivity contribution < 1.29 is 9.59 Å². The van der Waals surface area contributed by atoms with Crippen LogP contribution in [0.25, 0.3) is 0 Å². The number of carbonyl (C=O) groups excluding carboxylic acids is 2. The summed E-state index contributed by atoms with van der Waals surface area (Å²) < 4.78 is 0. The fraction of sp³-hybridized carbons (Fsp3) is 0.619. The Morgan fingerprint density at radius 2 is 1.84 bits per heavy atom. The molecule has 2 aliphatic heterocycles. The molecule has 0 aromatic heterocycles. The number of hydrogen-bond donors (Lipinski definition) is 1. The maximum atomic E-state index is 12.9. The molecule has 1 aliphatic carbocycles. The van der Waals surface area contributed by atoms with E-state index in [9.17, 15) is 9.59 Å². The lowest BCUT2D eigenvalue weighted by Crippen LogP contribution is -2.47. The molecule has 0 spiro atoms. The lowest BCUT2D eigenvalue weighted by molar-refractivity contribution is -0.136. The van der Waals surface area contributed by atoms with E-state index in [1.54, 1.807) is 0 Å². The van der Waals surface area contributed by atoms with Gasteiger partial charge in [0.15, 0.2) is 0 Å². The van der Waals surface area contributed by atoms with Crippen LogP contribution in [0.1, 0.15) is 43.2 Å². The average Bonchev–Trinajstić information content (AvgIpc) is 3.33. The van der Waals surface area contributed by atoms with Crippen LogP contribution >= 0.6 is 0 Å². The molecule has 25 heavy (non-hydrogen) atoms. The second-order valence-electron chi connectivity index (χ2n) is 7.91. The first-order valence-electron chi connectivity index (χ1n) is 9.84. The Bertz CT molecular complexity index is 651. The molecule has 1 aromatic carbocycles. The summed E-state index contributed by atoms with van der Waals surface area (Å²) >= 11 is 0. The molecule has 134 valence electrons. The van der Waals surface area contributed by atoms with Gasteiger partial charge in [0.1, 0.15) is 5.78 Å².